The number of aromatic nitrogens is 2. The monoisotopic (exact) mass is 373 g/mol. The van der Waals surface area contributed by atoms with E-state index in [9.17, 15) is 4.79 Å². The Hall–Kier alpha value is -2.54. The molecule has 0 atom stereocenters. The lowest BCUT2D eigenvalue weighted by atomic mass is 10.1. The fourth-order valence-electron chi connectivity index (χ4n) is 2.65. The van der Waals surface area contributed by atoms with E-state index in [0.717, 1.165) is 33.4 Å². The van der Waals surface area contributed by atoms with Crippen molar-refractivity contribution in [2.45, 2.75) is 20.3 Å². The van der Waals surface area contributed by atoms with Crippen LogP contribution >= 0.6 is 11.3 Å². The van der Waals surface area contributed by atoms with Gasteiger partial charge in [-0.15, -0.1) is 11.3 Å². The number of fused-ring (bicyclic) bond motifs is 1. The number of imidazole rings is 1. The van der Waals surface area contributed by atoms with Crippen LogP contribution in [-0.2, 0) is 11.2 Å². The normalized spacial score (nSPS) is 11.1. The molecular weight excluding hydrogens is 350 g/mol. The first-order valence-corrected chi connectivity index (χ1v) is 9.34. The minimum Gasteiger partial charge on any atom is -0.497 e. The van der Waals surface area contributed by atoms with Crippen molar-refractivity contribution in [1.29, 1.82) is 0 Å². The van der Waals surface area contributed by atoms with E-state index in [1.165, 1.54) is 11.3 Å². The first-order valence-electron chi connectivity index (χ1n) is 8.46. The van der Waals surface area contributed by atoms with Gasteiger partial charge in [0.1, 0.15) is 11.5 Å². The minimum absolute atomic E-state index is 0.0209. The number of carbonyl (C=O) groups excluding carboxylic acids is 1. The molecule has 0 spiro atoms. The molecule has 0 unspecified atom stereocenters. The molecule has 26 heavy (non-hydrogen) atoms. The van der Waals surface area contributed by atoms with Crippen molar-refractivity contribution in [3.8, 4) is 22.8 Å². The number of amides is 1. The van der Waals surface area contributed by atoms with Crippen molar-refractivity contribution in [3.05, 3.63) is 35.5 Å². The van der Waals surface area contributed by atoms with Gasteiger partial charge < -0.3 is 14.8 Å². The number of nitrogens with zero attached hydrogens (tertiary/aromatic N) is 2. The maximum absolute atomic E-state index is 12.1. The highest BCUT2D eigenvalue weighted by molar-refractivity contribution is 7.15. The fourth-order valence-corrected chi connectivity index (χ4v) is 3.52. The van der Waals surface area contributed by atoms with Crippen LogP contribution < -0.4 is 14.8 Å². The Balaban J connectivity index is 1.89. The van der Waals surface area contributed by atoms with Crippen molar-refractivity contribution in [1.82, 2.24) is 14.7 Å². The minimum atomic E-state index is 0.0209. The van der Waals surface area contributed by atoms with Gasteiger partial charge in [0.2, 0.25) is 5.91 Å². The van der Waals surface area contributed by atoms with Crippen molar-refractivity contribution >= 4 is 22.2 Å². The topological polar surface area (TPSA) is 64.9 Å². The maximum atomic E-state index is 12.1. The zero-order chi connectivity index (χ0) is 18.7. The molecule has 0 saturated heterocycles. The summed E-state index contributed by atoms with van der Waals surface area (Å²) in [5, 5.41) is 4.93. The van der Waals surface area contributed by atoms with Gasteiger partial charge in [-0.25, -0.2) is 4.98 Å². The van der Waals surface area contributed by atoms with Crippen LogP contribution in [0, 0.1) is 5.92 Å². The standard InChI is InChI=1S/C19H23N3O3S/c1-12(2)9-20-18(23)7-13-11-26-19-21-16(10-22(13)19)15-8-14(24-3)5-6-17(15)25-4/h5-6,8,10-12H,7,9H2,1-4H3,(H,20,23). The van der Waals surface area contributed by atoms with E-state index in [4.69, 9.17) is 9.47 Å². The van der Waals surface area contributed by atoms with Crippen LogP contribution in [0.15, 0.2) is 29.8 Å². The quantitative estimate of drug-likeness (QED) is 0.689. The maximum Gasteiger partial charge on any atom is 0.225 e. The molecule has 2 heterocycles. The van der Waals surface area contributed by atoms with Gasteiger partial charge >= 0.3 is 0 Å². The molecular formula is C19H23N3O3S. The molecule has 0 aliphatic rings. The second-order valence-electron chi connectivity index (χ2n) is 6.45. The van der Waals surface area contributed by atoms with Crippen LogP contribution in [0.2, 0.25) is 0 Å². The van der Waals surface area contributed by atoms with Gasteiger partial charge in [0.15, 0.2) is 4.96 Å². The van der Waals surface area contributed by atoms with E-state index in [1.54, 1.807) is 14.2 Å². The highest BCUT2D eigenvalue weighted by atomic mass is 32.1. The third-order valence-corrected chi connectivity index (χ3v) is 4.90. The summed E-state index contributed by atoms with van der Waals surface area (Å²) in [6.45, 7) is 4.84. The third kappa shape index (κ3) is 3.83. The van der Waals surface area contributed by atoms with Gasteiger partial charge in [0.05, 0.1) is 26.3 Å². The molecule has 3 aromatic rings. The summed E-state index contributed by atoms with van der Waals surface area (Å²) in [5.74, 6) is 1.92. The molecule has 6 nitrogen and oxygen atoms in total. The highest BCUT2D eigenvalue weighted by Gasteiger charge is 2.15. The molecule has 3 rings (SSSR count). The van der Waals surface area contributed by atoms with Crippen LogP contribution in [0.25, 0.3) is 16.2 Å². The average Bonchev–Trinajstić information content (AvgIpc) is 3.21. The smallest absolute Gasteiger partial charge is 0.225 e. The summed E-state index contributed by atoms with van der Waals surface area (Å²) in [6.07, 6.45) is 2.27. The Bertz CT molecular complexity index is 914. The molecule has 2 aromatic heterocycles. The summed E-state index contributed by atoms with van der Waals surface area (Å²) >= 11 is 1.52. The first-order chi connectivity index (χ1) is 12.5. The van der Waals surface area contributed by atoms with Gasteiger partial charge in [-0.3, -0.25) is 9.20 Å². The predicted octanol–water partition coefficient (Wildman–Crippen LogP) is 3.39. The Morgan fingerprint density at radius 1 is 1.31 bits per heavy atom. The summed E-state index contributed by atoms with van der Waals surface area (Å²) in [5.41, 5.74) is 2.57. The summed E-state index contributed by atoms with van der Waals surface area (Å²) in [4.78, 5) is 17.7. The molecule has 0 saturated carbocycles. The molecule has 0 fully saturated rings. The molecule has 0 bridgehead atoms. The van der Waals surface area contributed by atoms with Crippen LogP contribution in [0.5, 0.6) is 11.5 Å². The van der Waals surface area contributed by atoms with Crippen LogP contribution in [0.1, 0.15) is 19.5 Å². The summed E-state index contributed by atoms with van der Waals surface area (Å²) < 4.78 is 12.7. The summed E-state index contributed by atoms with van der Waals surface area (Å²) in [7, 11) is 3.26. The number of hydrogen-bond donors (Lipinski definition) is 1. The number of carbonyl (C=O) groups is 1. The van der Waals surface area contributed by atoms with Gasteiger partial charge in [-0.2, -0.15) is 0 Å². The molecule has 138 valence electrons. The number of benzene rings is 1. The second-order valence-corrected chi connectivity index (χ2v) is 7.28. The molecule has 0 radical (unpaired) electrons. The lowest BCUT2D eigenvalue weighted by molar-refractivity contribution is -0.120. The molecule has 1 N–H and O–H groups in total. The zero-order valence-electron chi connectivity index (χ0n) is 15.4. The van der Waals surface area contributed by atoms with Crippen molar-refractivity contribution in [2.75, 3.05) is 20.8 Å². The van der Waals surface area contributed by atoms with E-state index in [1.807, 2.05) is 34.2 Å². The van der Waals surface area contributed by atoms with E-state index >= 15 is 0 Å². The zero-order valence-corrected chi connectivity index (χ0v) is 16.2. The Morgan fingerprint density at radius 3 is 2.81 bits per heavy atom. The molecule has 0 aliphatic carbocycles. The first kappa shape index (κ1) is 18.3. The van der Waals surface area contributed by atoms with E-state index in [-0.39, 0.29) is 5.91 Å². The Morgan fingerprint density at radius 2 is 2.12 bits per heavy atom. The fraction of sp³-hybridized carbons (Fsp3) is 0.368. The van der Waals surface area contributed by atoms with Gasteiger partial charge in [0, 0.05) is 29.4 Å². The van der Waals surface area contributed by atoms with Crippen molar-refractivity contribution in [3.63, 3.8) is 0 Å². The largest absolute Gasteiger partial charge is 0.497 e. The van der Waals surface area contributed by atoms with E-state index < -0.39 is 0 Å². The second kappa shape index (κ2) is 7.78. The van der Waals surface area contributed by atoms with Crippen molar-refractivity contribution in [2.24, 2.45) is 5.92 Å². The number of rotatable bonds is 7. The molecule has 1 aromatic carbocycles. The number of hydrogen-bond acceptors (Lipinski definition) is 5. The van der Waals surface area contributed by atoms with Crippen LogP contribution in [0.3, 0.4) is 0 Å². The molecule has 7 heteroatoms. The predicted molar refractivity (Wildman–Crippen MR) is 103 cm³/mol. The molecule has 0 aliphatic heterocycles. The number of ether oxygens (including phenoxy) is 2. The van der Waals surface area contributed by atoms with E-state index in [2.05, 4.69) is 24.1 Å². The van der Waals surface area contributed by atoms with Crippen LogP contribution in [0.4, 0.5) is 0 Å². The Kier molecular flexibility index (Phi) is 5.46. The lowest BCUT2D eigenvalue weighted by Crippen LogP contribution is -2.28. The van der Waals surface area contributed by atoms with Gasteiger partial charge in [-0.1, -0.05) is 13.8 Å². The SMILES string of the molecule is COc1ccc(OC)c(-c2cn3c(CC(=O)NCC(C)C)csc3n2)c1. The molecule has 1 amide bonds. The van der Waals surface area contributed by atoms with Crippen LogP contribution in [-0.4, -0.2) is 36.1 Å². The number of nitrogens with one attached hydrogen (secondary N) is 1. The summed E-state index contributed by atoms with van der Waals surface area (Å²) in [6, 6.07) is 5.62. The third-order valence-electron chi connectivity index (χ3n) is 4.02. The Labute approximate surface area is 156 Å². The van der Waals surface area contributed by atoms with E-state index in [0.29, 0.717) is 18.9 Å². The number of thiazole rings is 1. The number of methoxy groups -OCH3 is 2. The van der Waals surface area contributed by atoms with Gasteiger partial charge in [0.25, 0.3) is 0 Å². The average molecular weight is 373 g/mol. The lowest BCUT2D eigenvalue weighted by Gasteiger charge is -2.08. The van der Waals surface area contributed by atoms with Crippen molar-refractivity contribution < 1.29 is 14.3 Å². The van der Waals surface area contributed by atoms with Gasteiger partial charge in [-0.05, 0) is 24.1 Å². The highest BCUT2D eigenvalue weighted by Crippen LogP contribution is 2.34.